The number of hydrogen-bond donors (Lipinski definition) is 0. The van der Waals surface area contributed by atoms with E-state index in [0.29, 0.717) is 12.0 Å². The molecule has 3 fully saturated rings. The molecule has 0 radical (unpaired) electrons. The van der Waals surface area contributed by atoms with Gasteiger partial charge in [0.25, 0.3) is 0 Å². The molecular formula is C17H24N2O. The first-order valence-electron chi connectivity index (χ1n) is 7.76. The fourth-order valence-corrected chi connectivity index (χ4v) is 3.63. The molecular weight excluding hydrogens is 248 g/mol. The predicted molar refractivity (Wildman–Crippen MR) is 80.5 cm³/mol. The van der Waals surface area contributed by atoms with Gasteiger partial charge < -0.3 is 4.90 Å². The van der Waals surface area contributed by atoms with E-state index >= 15 is 0 Å². The third-order valence-electron chi connectivity index (χ3n) is 4.80. The third-order valence-corrected chi connectivity index (χ3v) is 4.80. The van der Waals surface area contributed by atoms with E-state index in [4.69, 9.17) is 0 Å². The molecule has 4 rings (SSSR count). The molecule has 3 heteroatoms. The minimum Gasteiger partial charge on any atom is -0.341 e. The van der Waals surface area contributed by atoms with Crippen molar-refractivity contribution in [2.75, 3.05) is 26.2 Å². The molecule has 3 saturated heterocycles. The van der Waals surface area contributed by atoms with Gasteiger partial charge in [-0.05, 0) is 30.7 Å². The molecule has 3 heterocycles. The van der Waals surface area contributed by atoms with E-state index in [-0.39, 0.29) is 5.91 Å². The molecule has 0 N–H and O–H groups in total. The highest BCUT2D eigenvalue weighted by Crippen LogP contribution is 2.28. The van der Waals surface area contributed by atoms with Crippen LogP contribution in [0.1, 0.15) is 25.3 Å². The summed E-state index contributed by atoms with van der Waals surface area (Å²) in [6, 6.07) is 11.3. The van der Waals surface area contributed by atoms with Crippen molar-refractivity contribution in [3.05, 3.63) is 35.9 Å². The van der Waals surface area contributed by atoms with Gasteiger partial charge in [0.15, 0.2) is 0 Å². The zero-order valence-electron chi connectivity index (χ0n) is 12.3. The highest BCUT2D eigenvalue weighted by molar-refractivity contribution is 5.73. The van der Waals surface area contributed by atoms with Crippen LogP contribution in [0.3, 0.4) is 0 Å². The minimum absolute atomic E-state index is 0.242. The summed E-state index contributed by atoms with van der Waals surface area (Å²) in [5.41, 5.74) is 1.41. The van der Waals surface area contributed by atoms with Crippen molar-refractivity contribution in [2.24, 2.45) is 5.92 Å². The number of piperidine rings is 1. The van der Waals surface area contributed by atoms with E-state index < -0.39 is 0 Å². The second-order valence-corrected chi connectivity index (χ2v) is 6.25. The predicted octanol–water partition coefficient (Wildman–Crippen LogP) is 2.17. The average molecular weight is 272 g/mol. The molecule has 3 aliphatic rings. The van der Waals surface area contributed by atoms with Crippen LogP contribution in [0, 0.1) is 5.92 Å². The van der Waals surface area contributed by atoms with Gasteiger partial charge in [-0.25, -0.2) is 0 Å². The SMILES string of the molecule is CC(=O)N1C[C@@H]2CC[C@H](C1)N(CCc1ccccc1)C2. The maximum Gasteiger partial charge on any atom is 0.219 e. The molecule has 2 bridgehead atoms. The summed E-state index contributed by atoms with van der Waals surface area (Å²) in [7, 11) is 0. The second-order valence-electron chi connectivity index (χ2n) is 6.25. The van der Waals surface area contributed by atoms with Gasteiger partial charge in [-0.3, -0.25) is 9.69 Å². The quantitative estimate of drug-likeness (QED) is 0.842. The Labute approximate surface area is 121 Å². The Hall–Kier alpha value is -1.35. The van der Waals surface area contributed by atoms with Crippen LogP contribution in [0.4, 0.5) is 0 Å². The third kappa shape index (κ3) is 3.04. The summed E-state index contributed by atoms with van der Waals surface area (Å²) < 4.78 is 0. The molecule has 1 aromatic rings. The molecule has 3 aliphatic heterocycles. The van der Waals surface area contributed by atoms with Crippen molar-refractivity contribution in [3.63, 3.8) is 0 Å². The lowest BCUT2D eigenvalue weighted by Gasteiger charge is -2.36. The maximum absolute atomic E-state index is 11.7. The number of benzene rings is 1. The minimum atomic E-state index is 0.242. The maximum atomic E-state index is 11.7. The molecule has 0 saturated carbocycles. The van der Waals surface area contributed by atoms with Crippen LogP contribution in [-0.2, 0) is 11.2 Å². The Morgan fingerprint density at radius 2 is 1.95 bits per heavy atom. The first kappa shape index (κ1) is 13.6. The van der Waals surface area contributed by atoms with E-state index in [1.807, 2.05) is 0 Å². The Balaban J connectivity index is 1.62. The highest BCUT2D eigenvalue weighted by Gasteiger charge is 2.35. The molecule has 20 heavy (non-hydrogen) atoms. The number of rotatable bonds is 3. The fourth-order valence-electron chi connectivity index (χ4n) is 3.63. The van der Waals surface area contributed by atoms with Crippen molar-refractivity contribution in [1.29, 1.82) is 0 Å². The smallest absolute Gasteiger partial charge is 0.219 e. The molecule has 1 aromatic carbocycles. The molecule has 0 unspecified atom stereocenters. The summed E-state index contributed by atoms with van der Waals surface area (Å²) >= 11 is 0. The van der Waals surface area contributed by atoms with Crippen LogP contribution in [0.25, 0.3) is 0 Å². The summed E-state index contributed by atoms with van der Waals surface area (Å²) in [6.45, 7) is 5.89. The Morgan fingerprint density at radius 1 is 1.15 bits per heavy atom. The van der Waals surface area contributed by atoms with Crippen molar-refractivity contribution in [3.8, 4) is 0 Å². The zero-order chi connectivity index (χ0) is 13.9. The lowest BCUT2D eigenvalue weighted by atomic mass is 9.94. The summed E-state index contributed by atoms with van der Waals surface area (Å²) in [5.74, 6) is 0.917. The monoisotopic (exact) mass is 272 g/mol. The molecule has 2 atom stereocenters. The largest absolute Gasteiger partial charge is 0.341 e. The molecule has 1 amide bonds. The number of nitrogens with zero attached hydrogens (tertiary/aromatic N) is 2. The van der Waals surface area contributed by atoms with Crippen LogP contribution in [0.15, 0.2) is 30.3 Å². The van der Waals surface area contributed by atoms with Gasteiger partial charge in [0, 0.05) is 39.1 Å². The lowest BCUT2D eigenvalue weighted by Crippen LogP contribution is -2.45. The van der Waals surface area contributed by atoms with Gasteiger partial charge in [-0.2, -0.15) is 0 Å². The van der Waals surface area contributed by atoms with Crippen LogP contribution in [0.2, 0.25) is 0 Å². The number of hydrogen-bond acceptors (Lipinski definition) is 2. The first-order chi connectivity index (χ1) is 9.72. The summed E-state index contributed by atoms with van der Waals surface area (Å²) in [5, 5.41) is 0. The van der Waals surface area contributed by atoms with Crippen molar-refractivity contribution in [1.82, 2.24) is 9.80 Å². The zero-order valence-corrected chi connectivity index (χ0v) is 12.3. The van der Waals surface area contributed by atoms with Gasteiger partial charge in [-0.15, -0.1) is 0 Å². The summed E-state index contributed by atoms with van der Waals surface area (Å²) in [6.07, 6.45) is 3.66. The Kier molecular flexibility index (Phi) is 4.06. The van der Waals surface area contributed by atoms with Crippen molar-refractivity contribution in [2.45, 2.75) is 32.2 Å². The standard InChI is InChI=1S/C17H24N2O/c1-14(20)19-12-16-7-8-17(13-19)18(11-16)10-9-15-5-3-2-4-6-15/h2-6,16-17H,7-13H2,1H3/t16-,17-/m1/s1. The number of amides is 1. The molecule has 3 nitrogen and oxygen atoms in total. The van der Waals surface area contributed by atoms with Crippen LogP contribution < -0.4 is 0 Å². The van der Waals surface area contributed by atoms with Crippen LogP contribution >= 0.6 is 0 Å². The van der Waals surface area contributed by atoms with E-state index in [0.717, 1.165) is 26.1 Å². The number of carbonyl (C=O) groups excluding carboxylic acids is 1. The second kappa shape index (κ2) is 5.96. The normalized spacial score (nSPS) is 26.6. The fraction of sp³-hybridized carbons (Fsp3) is 0.588. The van der Waals surface area contributed by atoms with Gasteiger partial charge in [0.2, 0.25) is 5.91 Å². The van der Waals surface area contributed by atoms with Crippen molar-refractivity contribution < 1.29 is 4.79 Å². The van der Waals surface area contributed by atoms with Gasteiger partial charge in [0.1, 0.15) is 0 Å². The van der Waals surface area contributed by atoms with Crippen molar-refractivity contribution >= 4 is 5.91 Å². The first-order valence-corrected chi connectivity index (χ1v) is 7.76. The van der Waals surface area contributed by atoms with Gasteiger partial charge in [-0.1, -0.05) is 30.3 Å². The molecule has 0 aromatic heterocycles. The number of fused-ring (bicyclic) bond motifs is 4. The van der Waals surface area contributed by atoms with E-state index in [1.54, 1.807) is 6.92 Å². The molecule has 0 aliphatic carbocycles. The van der Waals surface area contributed by atoms with E-state index in [2.05, 4.69) is 40.1 Å². The van der Waals surface area contributed by atoms with E-state index in [1.165, 1.54) is 24.9 Å². The van der Waals surface area contributed by atoms with Crippen LogP contribution in [-0.4, -0.2) is 47.9 Å². The Morgan fingerprint density at radius 3 is 2.70 bits per heavy atom. The topological polar surface area (TPSA) is 23.6 Å². The molecule has 108 valence electrons. The van der Waals surface area contributed by atoms with Gasteiger partial charge >= 0.3 is 0 Å². The van der Waals surface area contributed by atoms with Crippen LogP contribution in [0.5, 0.6) is 0 Å². The number of carbonyl (C=O) groups is 1. The highest BCUT2D eigenvalue weighted by atomic mass is 16.2. The molecule has 0 spiro atoms. The average Bonchev–Trinajstić information content (AvgIpc) is 2.78. The Bertz CT molecular complexity index is 459. The summed E-state index contributed by atoms with van der Waals surface area (Å²) in [4.78, 5) is 16.3. The van der Waals surface area contributed by atoms with E-state index in [9.17, 15) is 4.79 Å². The van der Waals surface area contributed by atoms with Gasteiger partial charge in [0.05, 0.1) is 0 Å². The lowest BCUT2D eigenvalue weighted by molar-refractivity contribution is -0.129.